The van der Waals surface area contributed by atoms with E-state index < -0.39 is 0 Å². The van der Waals surface area contributed by atoms with Crippen LogP contribution in [0.25, 0.3) is 0 Å². The summed E-state index contributed by atoms with van der Waals surface area (Å²) in [5, 5.41) is 4.43. The van der Waals surface area contributed by atoms with Crippen molar-refractivity contribution in [2.24, 2.45) is 0 Å². The van der Waals surface area contributed by atoms with Crippen LogP contribution in [0.2, 0.25) is 0 Å². The highest BCUT2D eigenvalue weighted by molar-refractivity contribution is 5.00. The molecule has 0 saturated carbocycles. The molecule has 1 fully saturated rings. The van der Waals surface area contributed by atoms with Gasteiger partial charge in [-0.1, -0.05) is 27.7 Å². The monoisotopic (exact) mass is 296 g/mol. The SMILES string of the molecule is CC.CC.Cc1cnn(C2CCN(CCN(C)C)CC2)c1. The first kappa shape index (κ1) is 20.1. The van der Waals surface area contributed by atoms with Gasteiger partial charge in [-0.3, -0.25) is 4.68 Å². The first-order valence-electron chi connectivity index (χ1n) is 8.53. The maximum Gasteiger partial charge on any atom is 0.0543 e. The topological polar surface area (TPSA) is 24.3 Å². The fourth-order valence-electron chi connectivity index (χ4n) is 2.38. The maximum absolute atomic E-state index is 4.43. The Morgan fingerprint density at radius 3 is 2.14 bits per heavy atom. The molecule has 1 aliphatic heterocycles. The van der Waals surface area contributed by atoms with E-state index in [1.54, 1.807) is 0 Å². The molecule has 0 aliphatic carbocycles. The summed E-state index contributed by atoms with van der Waals surface area (Å²) >= 11 is 0. The van der Waals surface area contributed by atoms with E-state index in [0.717, 1.165) is 6.54 Å². The highest BCUT2D eigenvalue weighted by Gasteiger charge is 2.20. The van der Waals surface area contributed by atoms with Gasteiger partial charge in [-0.2, -0.15) is 5.10 Å². The highest BCUT2D eigenvalue weighted by Crippen LogP contribution is 2.21. The van der Waals surface area contributed by atoms with Crippen molar-refractivity contribution in [2.75, 3.05) is 40.3 Å². The standard InChI is InChI=1S/C13H24N4.2C2H6/c1-12-10-14-17(11-12)13-4-6-16(7-5-13)9-8-15(2)3;2*1-2/h10-11,13H,4-9H2,1-3H3;2*1-2H3. The van der Waals surface area contributed by atoms with Gasteiger partial charge >= 0.3 is 0 Å². The van der Waals surface area contributed by atoms with Crippen molar-refractivity contribution in [3.05, 3.63) is 18.0 Å². The molecule has 0 aromatic carbocycles. The predicted molar refractivity (Wildman–Crippen MR) is 92.9 cm³/mol. The summed E-state index contributed by atoms with van der Waals surface area (Å²) in [7, 11) is 4.28. The largest absolute Gasteiger partial charge is 0.308 e. The van der Waals surface area contributed by atoms with Crippen molar-refractivity contribution in [3.63, 3.8) is 0 Å². The lowest BCUT2D eigenvalue weighted by atomic mass is 10.1. The van der Waals surface area contributed by atoms with Gasteiger partial charge in [0, 0.05) is 32.4 Å². The summed E-state index contributed by atoms with van der Waals surface area (Å²) in [5.74, 6) is 0. The minimum absolute atomic E-state index is 0.610. The predicted octanol–water partition coefficient (Wildman–Crippen LogP) is 3.44. The Balaban J connectivity index is 0.000000921. The van der Waals surface area contributed by atoms with Crippen LogP contribution in [0.3, 0.4) is 0 Å². The van der Waals surface area contributed by atoms with E-state index >= 15 is 0 Å². The molecule has 0 spiro atoms. The van der Waals surface area contributed by atoms with Gasteiger partial charge in [0.25, 0.3) is 0 Å². The van der Waals surface area contributed by atoms with Crippen LogP contribution in [0.15, 0.2) is 12.4 Å². The molecule has 0 N–H and O–H groups in total. The molecule has 1 aromatic rings. The number of aryl methyl sites for hydroxylation is 1. The molecule has 1 aliphatic rings. The smallest absolute Gasteiger partial charge is 0.0543 e. The first-order chi connectivity index (χ1) is 10.1. The molecule has 0 amide bonds. The number of likely N-dealkylation sites (N-methyl/N-ethyl adjacent to an activating group) is 1. The fourth-order valence-corrected chi connectivity index (χ4v) is 2.38. The third kappa shape index (κ3) is 7.63. The molecule has 0 bridgehead atoms. The molecule has 0 atom stereocenters. The van der Waals surface area contributed by atoms with Crippen LogP contribution in [0.1, 0.15) is 52.1 Å². The quantitative estimate of drug-likeness (QED) is 0.850. The van der Waals surface area contributed by atoms with Crippen molar-refractivity contribution in [1.29, 1.82) is 0 Å². The summed E-state index contributed by atoms with van der Waals surface area (Å²) in [6.07, 6.45) is 6.58. The molecule has 21 heavy (non-hydrogen) atoms. The highest BCUT2D eigenvalue weighted by atomic mass is 15.3. The van der Waals surface area contributed by atoms with Crippen molar-refractivity contribution in [1.82, 2.24) is 19.6 Å². The van der Waals surface area contributed by atoms with Gasteiger partial charge in [0.15, 0.2) is 0 Å². The van der Waals surface area contributed by atoms with Gasteiger partial charge in [-0.15, -0.1) is 0 Å². The number of nitrogens with zero attached hydrogens (tertiary/aromatic N) is 4. The first-order valence-corrected chi connectivity index (χ1v) is 8.53. The minimum Gasteiger partial charge on any atom is -0.308 e. The fraction of sp³-hybridized carbons (Fsp3) is 0.824. The summed E-state index contributed by atoms with van der Waals surface area (Å²) in [6, 6.07) is 0.610. The molecule has 2 rings (SSSR count). The van der Waals surface area contributed by atoms with Crippen LogP contribution < -0.4 is 0 Å². The molecule has 124 valence electrons. The average molecular weight is 297 g/mol. The number of rotatable bonds is 4. The van der Waals surface area contributed by atoms with E-state index in [1.165, 1.54) is 38.0 Å². The lowest BCUT2D eigenvalue weighted by molar-refractivity contribution is 0.167. The molecular weight excluding hydrogens is 260 g/mol. The summed E-state index contributed by atoms with van der Waals surface area (Å²) < 4.78 is 2.15. The lowest BCUT2D eigenvalue weighted by Crippen LogP contribution is -2.38. The van der Waals surface area contributed by atoms with Crippen LogP contribution in [0.5, 0.6) is 0 Å². The second-order valence-corrected chi connectivity index (χ2v) is 5.37. The van der Waals surface area contributed by atoms with Crippen LogP contribution in [-0.4, -0.2) is 59.9 Å². The van der Waals surface area contributed by atoms with E-state index in [0.29, 0.717) is 6.04 Å². The Kier molecular flexibility index (Phi) is 11.3. The molecule has 4 nitrogen and oxygen atoms in total. The van der Waals surface area contributed by atoms with Gasteiger partial charge in [-0.05, 0) is 39.4 Å². The zero-order valence-corrected chi connectivity index (χ0v) is 15.3. The van der Waals surface area contributed by atoms with Crippen molar-refractivity contribution >= 4 is 0 Å². The Morgan fingerprint density at radius 1 is 1.14 bits per heavy atom. The van der Waals surface area contributed by atoms with Crippen LogP contribution in [-0.2, 0) is 0 Å². The third-order valence-corrected chi connectivity index (χ3v) is 3.53. The molecule has 2 heterocycles. The molecule has 0 unspecified atom stereocenters. The van der Waals surface area contributed by atoms with Crippen LogP contribution in [0.4, 0.5) is 0 Å². The van der Waals surface area contributed by atoms with Gasteiger partial charge in [-0.25, -0.2) is 0 Å². The number of aromatic nitrogens is 2. The van der Waals surface area contributed by atoms with Crippen molar-refractivity contribution in [3.8, 4) is 0 Å². The lowest BCUT2D eigenvalue weighted by Gasteiger charge is -2.32. The molecule has 4 heteroatoms. The van der Waals surface area contributed by atoms with E-state index in [4.69, 9.17) is 0 Å². The zero-order chi connectivity index (χ0) is 16.3. The Labute approximate surface area is 132 Å². The minimum atomic E-state index is 0.610. The van der Waals surface area contributed by atoms with E-state index in [1.807, 2.05) is 33.9 Å². The second kappa shape index (κ2) is 11.8. The maximum atomic E-state index is 4.43. The average Bonchev–Trinajstić information content (AvgIpc) is 2.96. The van der Waals surface area contributed by atoms with E-state index in [-0.39, 0.29) is 0 Å². The molecular formula is C17H36N4. The Hall–Kier alpha value is -0.870. The van der Waals surface area contributed by atoms with Crippen LogP contribution >= 0.6 is 0 Å². The molecule has 1 aromatic heterocycles. The van der Waals surface area contributed by atoms with Gasteiger partial charge in [0.2, 0.25) is 0 Å². The van der Waals surface area contributed by atoms with E-state index in [2.05, 4.69) is 46.8 Å². The Morgan fingerprint density at radius 2 is 1.71 bits per heavy atom. The number of hydrogen-bond donors (Lipinski definition) is 0. The molecule has 1 saturated heterocycles. The number of hydrogen-bond acceptors (Lipinski definition) is 3. The van der Waals surface area contributed by atoms with Gasteiger partial charge in [0.1, 0.15) is 0 Å². The third-order valence-electron chi connectivity index (χ3n) is 3.53. The van der Waals surface area contributed by atoms with Crippen LogP contribution in [0, 0.1) is 6.92 Å². The van der Waals surface area contributed by atoms with Crippen molar-refractivity contribution in [2.45, 2.75) is 53.5 Å². The van der Waals surface area contributed by atoms with Gasteiger partial charge < -0.3 is 9.80 Å². The van der Waals surface area contributed by atoms with Gasteiger partial charge in [0.05, 0.1) is 12.2 Å². The summed E-state index contributed by atoms with van der Waals surface area (Å²) in [4.78, 5) is 4.82. The summed E-state index contributed by atoms with van der Waals surface area (Å²) in [6.45, 7) is 14.9. The Bertz CT molecular complexity index is 338. The second-order valence-electron chi connectivity index (χ2n) is 5.37. The number of piperidine rings is 1. The normalized spacial score (nSPS) is 16.0. The zero-order valence-electron chi connectivity index (χ0n) is 15.3. The summed E-state index contributed by atoms with van der Waals surface area (Å²) in [5.41, 5.74) is 1.26. The van der Waals surface area contributed by atoms with Crippen molar-refractivity contribution < 1.29 is 0 Å². The van der Waals surface area contributed by atoms with E-state index in [9.17, 15) is 0 Å². The molecule has 0 radical (unpaired) electrons. The number of likely N-dealkylation sites (tertiary alicyclic amines) is 1.